The van der Waals surface area contributed by atoms with Crippen molar-refractivity contribution in [2.45, 2.75) is 6.54 Å². The van der Waals surface area contributed by atoms with E-state index in [9.17, 15) is 0 Å². The van der Waals surface area contributed by atoms with Gasteiger partial charge >= 0.3 is 0 Å². The fraction of sp³-hybridized carbons (Fsp3) is 0.600. The first-order valence-corrected chi connectivity index (χ1v) is 7.12. The highest BCUT2D eigenvalue weighted by Gasteiger charge is 2.23. The van der Waals surface area contributed by atoms with E-state index in [1.807, 2.05) is 6.07 Å². The number of rotatable bonds is 5. The van der Waals surface area contributed by atoms with E-state index in [0.29, 0.717) is 11.5 Å². The molecule has 1 heterocycles. The Hall–Kier alpha value is -1.46. The monoisotopic (exact) mass is 282 g/mol. The van der Waals surface area contributed by atoms with Crippen molar-refractivity contribution in [1.82, 2.24) is 0 Å². The van der Waals surface area contributed by atoms with Crippen LogP contribution in [0, 0.1) is 0 Å². The number of hydrogen-bond donors (Lipinski definition) is 2. The maximum absolute atomic E-state index is 5.55. The average Bonchev–Trinajstić information content (AvgIpc) is 2.48. The second-order valence-corrected chi connectivity index (χ2v) is 5.38. The van der Waals surface area contributed by atoms with Gasteiger partial charge in [-0.3, -0.25) is 0 Å². The zero-order chi connectivity index (χ0) is 14.5. The molecule has 0 amide bonds. The van der Waals surface area contributed by atoms with Crippen molar-refractivity contribution in [2.75, 3.05) is 54.6 Å². The molecule has 1 fully saturated rings. The van der Waals surface area contributed by atoms with Crippen LogP contribution in [0.5, 0.6) is 17.2 Å². The molecule has 0 unspecified atom stereocenters. The van der Waals surface area contributed by atoms with Crippen LogP contribution in [-0.4, -0.2) is 54.6 Å². The summed E-state index contributed by atoms with van der Waals surface area (Å²) in [6, 6.07) is 4.04. The molecule has 2 rings (SSSR count). The van der Waals surface area contributed by atoms with Gasteiger partial charge in [-0.15, -0.1) is 0 Å². The van der Waals surface area contributed by atoms with Crippen LogP contribution in [0.15, 0.2) is 12.1 Å². The lowest BCUT2D eigenvalue weighted by atomic mass is 10.1. The molecule has 112 valence electrons. The Bertz CT molecular complexity index is 443. The van der Waals surface area contributed by atoms with Crippen molar-refractivity contribution in [1.29, 1.82) is 0 Å². The van der Waals surface area contributed by atoms with Gasteiger partial charge in [-0.2, -0.15) is 0 Å². The SMILES string of the molecule is COc1ccc(C[NH+]2CC[NH+](C)CC2)c(OC)c1OC. The first-order chi connectivity index (χ1) is 9.69. The van der Waals surface area contributed by atoms with Crippen LogP contribution in [0.3, 0.4) is 0 Å². The quantitative estimate of drug-likeness (QED) is 0.699. The summed E-state index contributed by atoms with van der Waals surface area (Å²) in [5, 5.41) is 0. The number of quaternary nitrogens is 2. The summed E-state index contributed by atoms with van der Waals surface area (Å²) >= 11 is 0. The maximum atomic E-state index is 5.55. The van der Waals surface area contributed by atoms with E-state index in [-0.39, 0.29) is 0 Å². The topological polar surface area (TPSA) is 36.6 Å². The van der Waals surface area contributed by atoms with Gasteiger partial charge in [0, 0.05) is 0 Å². The minimum absolute atomic E-state index is 0.687. The van der Waals surface area contributed by atoms with Crippen molar-refractivity contribution < 1.29 is 24.0 Å². The van der Waals surface area contributed by atoms with Crippen LogP contribution in [0.2, 0.25) is 0 Å². The number of ether oxygens (including phenoxy) is 3. The number of nitrogens with one attached hydrogen (secondary N) is 2. The average molecular weight is 282 g/mol. The van der Waals surface area contributed by atoms with E-state index in [0.717, 1.165) is 12.3 Å². The minimum atomic E-state index is 0.687. The molecular weight excluding hydrogens is 256 g/mol. The van der Waals surface area contributed by atoms with Crippen LogP contribution in [0.25, 0.3) is 0 Å². The van der Waals surface area contributed by atoms with Crippen LogP contribution >= 0.6 is 0 Å². The molecule has 1 aliphatic heterocycles. The number of methoxy groups -OCH3 is 3. The summed E-state index contributed by atoms with van der Waals surface area (Å²) in [4.78, 5) is 3.22. The summed E-state index contributed by atoms with van der Waals surface area (Å²) in [6.07, 6.45) is 0. The maximum Gasteiger partial charge on any atom is 0.203 e. The van der Waals surface area contributed by atoms with Gasteiger partial charge in [-0.1, -0.05) is 0 Å². The van der Waals surface area contributed by atoms with Crippen LogP contribution in [0.1, 0.15) is 5.56 Å². The molecule has 0 spiro atoms. The highest BCUT2D eigenvalue weighted by Crippen LogP contribution is 2.39. The Balaban J connectivity index is 2.19. The standard InChI is InChI=1S/C15H24N2O3/c1-16-7-9-17(10-8-16)11-12-5-6-13(18-2)15(20-4)14(12)19-3/h5-6H,7-11H2,1-4H3/p+2. The van der Waals surface area contributed by atoms with Gasteiger partial charge in [-0.05, 0) is 12.1 Å². The molecule has 0 bridgehead atoms. The zero-order valence-corrected chi connectivity index (χ0v) is 12.9. The Morgan fingerprint density at radius 1 is 0.900 bits per heavy atom. The Morgan fingerprint density at radius 3 is 2.10 bits per heavy atom. The van der Waals surface area contributed by atoms with E-state index in [1.165, 1.54) is 31.7 Å². The van der Waals surface area contributed by atoms with Crippen molar-refractivity contribution in [3.8, 4) is 17.2 Å². The number of likely N-dealkylation sites (N-methyl/N-ethyl adjacent to an activating group) is 1. The zero-order valence-electron chi connectivity index (χ0n) is 12.9. The van der Waals surface area contributed by atoms with E-state index in [2.05, 4.69) is 13.1 Å². The highest BCUT2D eigenvalue weighted by atomic mass is 16.5. The normalized spacial score (nSPS) is 22.4. The van der Waals surface area contributed by atoms with E-state index < -0.39 is 0 Å². The third kappa shape index (κ3) is 3.16. The number of hydrogen-bond acceptors (Lipinski definition) is 3. The Morgan fingerprint density at radius 2 is 1.55 bits per heavy atom. The summed E-state index contributed by atoms with van der Waals surface area (Å²) in [5.74, 6) is 2.20. The van der Waals surface area contributed by atoms with Gasteiger partial charge in [0.25, 0.3) is 0 Å². The lowest BCUT2D eigenvalue weighted by molar-refractivity contribution is -1.01. The molecule has 0 aromatic heterocycles. The molecule has 1 aliphatic rings. The minimum Gasteiger partial charge on any atom is -0.493 e. The van der Waals surface area contributed by atoms with Gasteiger partial charge in [0.1, 0.15) is 32.7 Å². The molecule has 1 aromatic rings. The molecule has 0 saturated carbocycles. The molecule has 0 aliphatic carbocycles. The van der Waals surface area contributed by atoms with Crippen LogP contribution in [0.4, 0.5) is 0 Å². The largest absolute Gasteiger partial charge is 0.493 e. The second-order valence-electron chi connectivity index (χ2n) is 5.38. The lowest BCUT2D eigenvalue weighted by Crippen LogP contribution is -3.26. The first-order valence-electron chi connectivity index (χ1n) is 7.12. The second kappa shape index (κ2) is 6.81. The van der Waals surface area contributed by atoms with Gasteiger partial charge in [0.15, 0.2) is 11.5 Å². The van der Waals surface area contributed by atoms with Crippen molar-refractivity contribution in [2.24, 2.45) is 0 Å². The molecule has 5 heteroatoms. The first kappa shape index (κ1) is 14.9. The number of benzene rings is 1. The summed E-state index contributed by atoms with van der Waals surface area (Å²) in [7, 11) is 7.24. The predicted octanol–water partition coefficient (Wildman–Crippen LogP) is -1.37. The van der Waals surface area contributed by atoms with Gasteiger partial charge < -0.3 is 24.0 Å². The molecule has 20 heavy (non-hydrogen) atoms. The van der Waals surface area contributed by atoms with Crippen LogP contribution in [-0.2, 0) is 6.54 Å². The van der Waals surface area contributed by atoms with Crippen LogP contribution < -0.4 is 24.0 Å². The molecule has 1 saturated heterocycles. The third-order valence-electron chi connectivity index (χ3n) is 4.04. The third-order valence-corrected chi connectivity index (χ3v) is 4.04. The smallest absolute Gasteiger partial charge is 0.203 e. The van der Waals surface area contributed by atoms with E-state index >= 15 is 0 Å². The molecule has 1 aromatic carbocycles. The van der Waals surface area contributed by atoms with Gasteiger partial charge in [0.05, 0.1) is 33.9 Å². The molecule has 5 nitrogen and oxygen atoms in total. The van der Waals surface area contributed by atoms with Crippen molar-refractivity contribution >= 4 is 0 Å². The highest BCUT2D eigenvalue weighted by molar-refractivity contribution is 5.55. The Kier molecular flexibility index (Phi) is 5.09. The Labute approximate surface area is 121 Å². The summed E-state index contributed by atoms with van der Waals surface area (Å²) in [5.41, 5.74) is 1.18. The summed E-state index contributed by atoms with van der Waals surface area (Å²) < 4.78 is 16.3. The number of piperazine rings is 1. The molecular formula is C15H26N2O3+2. The van der Waals surface area contributed by atoms with Crippen molar-refractivity contribution in [3.63, 3.8) is 0 Å². The van der Waals surface area contributed by atoms with Gasteiger partial charge in [0.2, 0.25) is 5.75 Å². The van der Waals surface area contributed by atoms with E-state index in [1.54, 1.807) is 31.1 Å². The van der Waals surface area contributed by atoms with Gasteiger partial charge in [-0.25, -0.2) is 0 Å². The van der Waals surface area contributed by atoms with E-state index in [4.69, 9.17) is 14.2 Å². The molecule has 0 atom stereocenters. The fourth-order valence-electron chi connectivity index (χ4n) is 2.78. The lowest BCUT2D eigenvalue weighted by Gasteiger charge is -2.28. The predicted molar refractivity (Wildman–Crippen MR) is 77.1 cm³/mol. The molecule has 0 radical (unpaired) electrons. The fourth-order valence-corrected chi connectivity index (χ4v) is 2.78. The molecule has 2 N–H and O–H groups in total. The summed E-state index contributed by atoms with van der Waals surface area (Å²) in [6.45, 7) is 5.82. The van der Waals surface area contributed by atoms with Crippen molar-refractivity contribution in [3.05, 3.63) is 17.7 Å².